The molecule has 0 aliphatic heterocycles. The van der Waals surface area contributed by atoms with Gasteiger partial charge in [-0.2, -0.15) is 0 Å². The second-order valence-corrected chi connectivity index (χ2v) is 4.89. The number of hydrogen-bond acceptors (Lipinski definition) is 1. The molecular formula is C14H12Cl2FN. The van der Waals surface area contributed by atoms with Crippen molar-refractivity contribution < 1.29 is 4.39 Å². The summed E-state index contributed by atoms with van der Waals surface area (Å²) in [5, 5.41) is 0.802. The summed E-state index contributed by atoms with van der Waals surface area (Å²) in [5.41, 5.74) is 7.72. The lowest BCUT2D eigenvalue weighted by molar-refractivity contribution is 0.622. The van der Waals surface area contributed by atoms with Crippen molar-refractivity contribution in [3.63, 3.8) is 0 Å². The van der Waals surface area contributed by atoms with Crippen LogP contribution < -0.4 is 5.73 Å². The molecule has 1 unspecified atom stereocenters. The number of nitrogens with two attached hydrogens (primary N) is 1. The first kappa shape index (κ1) is 13.3. The van der Waals surface area contributed by atoms with Crippen molar-refractivity contribution in [2.45, 2.75) is 12.5 Å². The number of rotatable bonds is 3. The van der Waals surface area contributed by atoms with E-state index in [1.54, 1.807) is 24.3 Å². The molecule has 2 aromatic carbocycles. The molecule has 0 saturated carbocycles. The highest BCUT2D eigenvalue weighted by molar-refractivity contribution is 6.31. The van der Waals surface area contributed by atoms with Gasteiger partial charge in [0.15, 0.2) is 0 Å². The first-order valence-electron chi connectivity index (χ1n) is 5.52. The lowest BCUT2D eigenvalue weighted by Gasteiger charge is -2.13. The second kappa shape index (κ2) is 5.70. The summed E-state index contributed by atoms with van der Waals surface area (Å²) in [5.74, 6) is -0.419. The van der Waals surface area contributed by atoms with Crippen molar-refractivity contribution in [1.29, 1.82) is 0 Å². The summed E-state index contributed by atoms with van der Waals surface area (Å²) in [6.07, 6.45) is 0.484. The Balaban J connectivity index is 2.18. The second-order valence-electron chi connectivity index (χ2n) is 4.08. The van der Waals surface area contributed by atoms with Gasteiger partial charge in [0.1, 0.15) is 5.82 Å². The Morgan fingerprint density at radius 1 is 1.06 bits per heavy atom. The third-order valence-electron chi connectivity index (χ3n) is 2.77. The van der Waals surface area contributed by atoms with Crippen LogP contribution in [0.4, 0.5) is 4.39 Å². The van der Waals surface area contributed by atoms with E-state index >= 15 is 0 Å². The van der Waals surface area contributed by atoms with Gasteiger partial charge in [0.05, 0.1) is 5.02 Å². The molecular weight excluding hydrogens is 272 g/mol. The van der Waals surface area contributed by atoms with Gasteiger partial charge >= 0.3 is 0 Å². The van der Waals surface area contributed by atoms with E-state index in [1.807, 2.05) is 12.1 Å². The van der Waals surface area contributed by atoms with Crippen molar-refractivity contribution in [2.24, 2.45) is 5.73 Å². The van der Waals surface area contributed by atoms with Gasteiger partial charge in [-0.1, -0.05) is 47.5 Å². The minimum absolute atomic E-state index is 0.141. The van der Waals surface area contributed by atoms with Crippen LogP contribution in [0.2, 0.25) is 10.0 Å². The molecule has 2 N–H and O–H groups in total. The monoisotopic (exact) mass is 283 g/mol. The lowest BCUT2D eigenvalue weighted by Crippen LogP contribution is -2.13. The van der Waals surface area contributed by atoms with Crippen LogP contribution >= 0.6 is 23.2 Å². The van der Waals surface area contributed by atoms with Gasteiger partial charge in [0, 0.05) is 11.1 Å². The van der Waals surface area contributed by atoms with Gasteiger partial charge in [0.25, 0.3) is 0 Å². The lowest BCUT2D eigenvalue weighted by atomic mass is 10.00. The third kappa shape index (κ3) is 3.02. The van der Waals surface area contributed by atoms with Crippen molar-refractivity contribution in [1.82, 2.24) is 0 Å². The summed E-state index contributed by atoms with van der Waals surface area (Å²) >= 11 is 11.7. The molecule has 0 fully saturated rings. The van der Waals surface area contributed by atoms with Gasteiger partial charge in [-0.05, 0) is 35.7 Å². The van der Waals surface area contributed by atoms with Crippen LogP contribution in [-0.4, -0.2) is 0 Å². The molecule has 0 aliphatic carbocycles. The van der Waals surface area contributed by atoms with Crippen LogP contribution in [0.25, 0.3) is 0 Å². The maximum Gasteiger partial charge on any atom is 0.142 e. The molecule has 94 valence electrons. The van der Waals surface area contributed by atoms with Crippen LogP contribution in [0.5, 0.6) is 0 Å². The Morgan fingerprint density at radius 3 is 2.39 bits per heavy atom. The summed E-state index contributed by atoms with van der Waals surface area (Å²) in [6, 6.07) is 11.8. The number of hydrogen-bond donors (Lipinski definition) is 1. The quantitative estimate of drug-likeness (QED) is 0.889. The fourth-order valence-corrected chi connectivity index (χ4v) is 2.10. The van der Waals surface area contributed by atoms with Crippen molar-refractivity contribution in [3.8, 4) is 0 Å². The zero-order valence-electron chi connectivity index (χ0n) is 9.54. The van der Waals surface area contributed by atoms with Crippen molar-refractivity contribution in [2.75, 3.05) is 0 Å². The van der Waals surface area contributed by atoms with E-state index in [1.165, 1.54) is 6.07 Å². The highest BCUT2D eigenvalue weighted by Crippen LogP contribution is 2.25. The summed E-state index contributed by atoms with van der Waals surface area (Å²) in [6.45, 7) is 0. The van der Waals surface area contributed by atoms with E-state index in [4.69, 9.17) is 28.9 Å². The minimum Gasteiger partial charge on any atom is -0.324 e. The smallest absolute Gasteiger partial charge is 0.142 e. The number of benzene rings is 2. The van der Waals surface area contributed by atoms with Crippen LogP contribution in [0, 0.1) is 5.82 Å². The number of halogens is 3. The van der Waals surface area contributed by atoms with Gasteiger partial charge in [0.2, 0.25) is 0 Å². The molecule has 0 saturated heterocycles. The summed E-state index contributed by atoms with van der Waals surface area (Å²) in [4.78, 5) is 0. The van der Waals surface area contributed by atoms with Crippen LogP contribution in [0.15, 0.2) is 42.5 Å². The molecule has 0 bridgehead atoms. The highest BCUT2D eigenvalue weighted by atomic mass is 35.5. The van der Waals surface area contributed by atoms with Crippen LogP contribution in [-0.2, 0) is 6.42 Å². The van der Waals surface area contributed by atoms with Gasteiger partial charge < -0.3 is 5.73 Å². The van der Waals surface area contributed by atoms with Crippen LogP contribution in [0.3, 0.4) is 0 Å². The maximum atomic E-state index is 13.3. The van der Waals surface area contributed by atoms with E-state index in [9.17, 15) is 4.39 Å². The fourth-order valence-electron chi connectivity index (χ4n) is 1.77. The predicted octanol–water partition coefficient (Wildman–Crippen LogP) is 4.38. The fraction of sp³-hybridized carbons (Fsp3) is 0.143. The largest absolute Gasteiger partial charge is 0.324 e. The van der Waals surface area contributed by atoms with Crippen molar-refractivity contribution >= 4 is 23.2 Å². The van der Waals surface area contributed by atoms with Crippen molar-refractivity contribution in [3.05, 3.63) is 69.5 Å². The average Bonchev–Trinajstić information content (AvgIpc) is 2.36. The molecule has 0 spiro atoms. The summed E-state index contributed by atoms with van der Waals surface area (Å²) in [7, 11) is 0. The standard InChI is InChI=1S/C14H12Cl2FN/c15-11-6-4-9(5-7-11)13(18)8-10-2-1-3-12(17)14(10)16/h1-7,13H,8,18H2. The predicted molar refractivity (Wildman–Crippen MR) is 73.5 cm³/mol. The Hall–Kier alpha value is -1.09. The molecule has 4 heteroatoms. The van der Waals surface area contributed by atoms with E-state index < -0.39 is 5.82 Å². The van der Waals surface area contributed by atoms with E-state index in [0.29, 0.717) is 17.0 Å². The third-order valence-corrected chi connectivity index (χ3v) is 3.44. The molecule has 2 rings (SSSR count). The van der Waals surface area contributed by atoms with Gasteiger partial charge in [-0.15, -0.1) is 0 Å². The Bertz CT molecular complexity index is 540. The molecule has 0 aromatic heterocycles. The topological polar surface area (TPSA) is 26.0 Å². The zero-order chi connectivity index (χ0) is 13.1. The SMILES string of the molecule is NC(Cc1cccc(F)c1Cl)c1ccc(Cl)cc1. The van der Waals surface area contributed by atoms with E-state index in [0.717, 1.165) is 5.56 Å². The Labute approximate surface area is 115 Å². The molecule has 18 heavy (non-hydrogen) atoms. The van der Waals surface area contributed by atoms with E-state index in [2.05, 4.69) is 0 Å². The first-order chi connectivity index (χ1) is 8.58. The van der Waals surface area contributed by atoms with Gasteiger partial charge in [-0.3, -0.25) is 0 Å². The molecule has 2 aromatic rings. The Morgan fingerprint density at radius 2 is 1.72 bits per heavy atom. The molecule has 0 amide bonds. The van der Waals surface area contributed by atoms with Crippen LogP contribution in [0.1, 0.15) is 17.2 Å². The molecule has 0 aliphatic rings. The Kier molecular flexibility index (Phi) is 4.23. The summed E-state index contributed by atoms with van der Waals surface area (Å²) < 4.78 is 13.3. The van der Waals surface area contributed by atoms with E-state index in [-0.39, 0.29) is 11.1 Å². The molecule has 1 nitrogen and oxygen atoms in total. The first-order valence-corrected chi connectivity index (χ1v) is 6.27. The normalized spacial score (nSPS) is 12.4. The minimum atomic E-state index is -0.419. The highest BCUT2D eigenvalue weighted by Gasteiger charge is 2.11. The van der Waals surface area contributed by atoms with Gasteiger partial charge in [-0.25, -0.2) is 4.39 Å². The average molecular weight is 284 g/mol. The molecule has 0 heterocycles. The molecule has 1 atom stereocenters. The zero-order valence-corrected chi connectivity index (χ0v) is 11.0. The maximum absolute atomic E-state index is 13.3. The molecule has 0 radical (unpaired) electrons.